The molecule has 0 spiro atoms. The third-order valence-electron chi connectivity index (χ3n) is 3.59. The summed E-state index contributed by atoms with van der Waals surface area (Å²) < 4.78 is 10.4. The highest BCUT2D eigenvalue weighted by molar-refractivity contribution is 6.05. The van der Waals surface area contributed by atoms with Crippen LogP contribution in [0.1, 0.15) is 10.4 Å². The number of amides is 1. The van der Waals surface area contributed by atoms with Crippen molar-refractivity contribution in [1.29, 1.82) is 0 Å². The zero-order valence-corrected chi connectivity index (χ0v) is 14.4. The lowest BCUT2D eigenvalue weighted by molar-refractivity contribution is 0.102. The lowest BCUT2D eigenvalue weighted by Crippen LogP contribution is -2.12. The minimum atomic E-state index is -0.241. The van der Waals surface area contributed by atoms with Crippen LogP contribution in [0.15, 0.2) is 60.9 Å². The molecule has 0 atom stereocenters. The average Bonchev–Trinajstić information content (AvgIpc) is 2.69. The molecule has 0 unspecified atom stereocenters. The molecule has 132 valence electrons. The van der Waals surface area contributed by atoms with Crippen LogP contribution in [-0.2, 0) is 0 Å². The standard InChI is InChI=1S/C19H18N4O3/c1-25-16-8-7-15(12-17(16)26-2)22-18(24)13-5-3-6-14(11-13)23-19-20-9-4-10-21-19/h3-12H,1-2H3,(H,22,24)(H,20,21,23). The summed E-state index contributed by atoms with van der Waals surface area (Å²) in [6.07, 6.45) is 3.28. The van der Waals surface area contributed by atoms with E-state index in [9.17, 15) is 4.79 Å². The molecule has 0 aliphatic heterocycles. The molecule has 1 heterocycles. The van der Waals surface area contributed by atoms with Crippen molar-refractivity contribution in [3.05, 3.63) is 66.5 Å². The maximum atomic E-state index is 12.5. The lowest BCUT2D eigenvalue weighted by Gasteiger charge is -2.11. The fraction of sp³-hybridized carbons (Fsp3) is 0.105. The monoisotopic (exact) mass is 350 g/mol. The van der Waals surface area contributed by atoms with Crippen molar-refractivity contribution in [3.63, 3.8) is 0 Å². The highest BCUT2D eigenvalue weighted by Crippen LogP contribution is 2.30. The van der Waals surface area contributed by atoms with Crippen LogP contribution < -0.4 is 20.1 Å². The zero-order valence-electron chi connectivity index (χ0n) is 14.4. The Bertz CT molecular complexity index is 900. The number of carbonyl (C=O) groups excluding carboxylic acids is 1. The summed E-state index contributed by atoms with van der Waals surface area (Å²) in [4.78, 5) is 20.7. The van der Waals surface area contributed by atoms with Crippen molar-refractivity contribution in [2.24, 2.45) is 0 Å². The molecule has 2 N–H and O–H groups in total. The SMILES string of the molecule is COc1ccc(NC(=O)c2cccc(Nc3ncccn3)c2)cc1OC. The Kier molecular flexibility index (Phi) is 5.28. The van der Waals surface area contributed by atoms with Crippen molar-refractivity contribution in [2.45, 2.75) is 0 Å². The molecule has 1 aromatic heterocycles. The predicted octanol–water partition coefficient (Wildman–Crippen LogP) is 3.49. The smallest absolute Gasteiger partial charge is 0.255 e. The van der Waals surface area contributed by atoms with E-state index in [1.807, 2.05) is 6.07 Å². The first-order valence-corrected chi connectivity index (χ1v) is 7.87. The number of carbonyl (C=O) groups is 1. The number of ether oxygens (including phenoxy) is 2. The molecular weight excluding hydrogens is 332 g/mol. The first kappa shape index (κ1) is 17.2. The molecule has 26 heavy (non-hydrogen) atoms. The Morgan fingerprint density at radius 3 is 2.38 bits per heavy atom. The summed E-state index contributed by atoms with van der Waals surface area (Å²) in [5.41, 5.74) is 1.83. The average molecular weight is 350 g/mol. The summed E-state index contributed by atoms with van der Waals surface area (Å²) >= 11 is 0. The van der Waals surface area contributed by atoms with Gasteiger partial charge in [0.05, 0.1) is 14.2 Å². The first-order valence-electron chi connectivity index (χ1n) is 7.87. The number of benzene rings is 2. The van der Waals surface area contributed by atoms with Crippen LogP contribution in [0.2, 0.25) is 0 Å². The summed E-state index contributed by atoms with van der Waals surface area (Å²) in [6, 6.07) is 14.0. The molecular formula is C19H18N4O3. The Balaban J connectivity index is 1.75. The number of anilines is 3. The van der Waals surface area contributed by atoms with Crippen molar-refractivity contribution < 1.29 is 14.3 Å². The topological polar surface area (TPSA) is 85.4 Å². The van der Waals surface area contributed by atoms with E-state index in [1.54, 1.807) is 69.1 Å². The molecule has 0 saturated carbocycles. The largest absolute Gasteiger partial charge is 0.493 e. The van der Waals surface area contributed by atoms with Crippen molar-refractivity contribution in [1.82, 2.24) is 9.97 Å². The van der Waals surface area contributed by atoms with Gasteiger partial charge in [0.15, 0.2) is 11.5 Å². The molecule has 0 radical (unpaired) electrons. The molecule has 7 nitrogen and oxygen atoms in total. The molecule has 3 rings (SSSR count). The molecule has 7 heteroatoms. The molecule has 3 aromatic rings. The van der Waals surface area contributed by atoms with Crippen LogP contribution in [0.25, 0.3) is 0 Å². The maximum absolute atomic E-state index is 12.5. The third kappa shape index (κ3) is 4.07. The number of aromatic nitrogens is 2. The third-order valence-corrected chi connectivity index (χ3v) is 3.59. The van der Waals surface area contributed by atoms with Crippen LogP contribution >= 0.6 is 0 Å². The van der Waals surface area contributed by atoms with Gasteiger partial charge in [0.2, 0.25) is 5.95 Å². The number of methoxy groups -OCH3 is 2. The van der Waals surface area contributed by atoms with Crippen LogP contribution in [0, 0.1) is 0 Å². The van der Waals surface area contributed by atoms with Gasteiger partial charge in [-0.05, 0) is 36.4 Å². The van der Waals surface area contributed by atoms with Crippen molar-refractivity contribution in [3.8, 4) is 11.5 Å². The highest BCUT2D eigenvalue weighted by atomic mass is 16.5. The molecule has 0 saturated heterocycles. The molecule has 0 bridgehead atoms. The van der Waals surface area contributed by atoms with Crippen LogP contribution in [0.4, 0.5) is 17.3 Å². The summed E-state index contributed by atoms with van der Waals surface area (Å²) in [5.74, 6) is 1.36. The minimum Gasteiger partial charge on any atom is -0.493 e. The number of nitrogens with zero attached hydrogens (tertiary/aromatic N) is 2. The Labute approximate surface area is 151 Å². The second-order valence-electron chi connectivity index (χ2n) is 5.30. The molecule has 0 aliphatic rings. The molecule has 1 amide bonds. The predicted molar refractivity (Wildman–Crippen MR) is 99.3 cm³/mol. The summed E-state index contributed by atoms with van der Waals surface area (Å²) in [6.45, 7) is 0. The van der Waals surface area contributed by atoms with E-state index in [2.05, 4.69) is 20.6 Å². The summed E-state index contributed by atoms with van der Waals surface area (Å²) in [5, 5.41) is 5.90. The van der Waals surface area contributed by atoms with Gasteiger partial charge in [0, 0.05) is 35.4 Å². The van der Waals surface area contributed by atoms with Crippen LogP contribution in [-0.4, -0.2) is 30.1 Å². The van der Waals surface area contributed by atoms with E-state index in [0.29, 0.717) is 28.7 Å². The Hall–Kier alpha value is -3.61. The van der Waals surface area contributed by atoms with Gasteiger partial charge in [-0.1, -0.05) is 6.07 Å². The van der Waals surface area contributed by atoms with Gasteiger partial charge in [0.1, 0.15) is 0 Å². The lowest BCUT2D eigenvalue weighted by atomic mass is 10.1. The number of hydrogen-bond donors (Lipinski definition) is 2. The van der Waals surface area contributed by atoms with Crippen molar-refractivity contribution in [2.75, 3.05) is 24.9 Å². The van der Waals surface area contributed by atoms with Crippen molar-refractivity contribution >= 4 is 23.2 Å². The van der Waals surface area contributed by atoms with Gasteiger partial charge in [-0.15, -0.1) is 0 Å². The second kappa shape index (κ2) is 7.98. The van der Waals surface area contributed by atoms with E-state index in [0.717, 1.165) is 5.69 Å². The first-order chi connectivity index (χ1) is 12.7. The van der Waals surface area contributed by atoms with E-state index >= 15 is 0 Å². The van der Waals surface area contributed by atoms with Gasteiger partial charge in [-0.2, -0.15) is 0 Å². The fourth-order valence-electron chi connectivity index (χ4n) is 2.35. The molecule has 0 aliphatic carbocycles. The molecule has 0 fully saturated rings. The van der Waals surface area contributed by atoms with E-state index < -0.39 is 0 Å². The Morgan fingerprint density at radius 1 is 0.885 bits per heavy atom. The zero-order chi connectivity index (χ0) is 18.4. The van der Waals surface area contributed by atoms with Gasteiger partial charge < -0.3 is 20.1 Å². The summed E-state index contributed by atoms with van der Waals surface area (Å²) in [7, 11) is 3.11. The number of rotatable bonds is 6. The highest BCUT2D eigenvalue weighted by Gasteiger charge is 2.10. The van der Waals surface area contributed by atoms with E-state index in [1.165, 1.54) is 0 Å². The maximum Gasteiger partial charge on any atom is 0.255 e. The normalized spacial score (nSPS) is 10.1. The second-order valence-corrected chi connectivity index (χ2v) is 5.30. The number of hydrogen-bond acceptors (Lipinski definition) is 6. The minimum absolute atomic E-state index is 0.241. The van der Waals surface area contributed by atoms with Crippen LogP contribution in [0.5, 0.6) is 11.5 Å². The van der Waals surface area contributed by atoms with E-state index in [4.69, 9.17) is 9.47 Å². The van der Waals surface area contributed by atoms with Crippen LogP contribution in [0.3, 0.4) is 0 Å². The van der Waals surface area contributed by atoms with Gasteiger partial charge >= 0.3 is 0 Å². The van der Waals surface area contributed by atoms with Gasteiger partial charge in [-0.3, -0.25) is 4.79 Å². The fourth-order valence-corrected chi connectivity index (χ4v) is 2.35. The van der Waals surface area contributed by atoms with Gasteiger partial charge in [0.25, 0.3) is 5.91 Å². The van der Waals surface area contributed by atoms with E-state index in [-0.39, 0.29) is 5.91 Å². The van der Waals surface area contributed by atoms with Gasteiger partial charge in [-0.25, -0.2) is 9.97 Å². The molecule has 2 aromatic carbocycles. The quantitative estimate of drug-likeness (QED) is 0.708. The Morgan fingerprint density at radius 2 is 1.65 bits per heavy atom. The number of nitrogens with one attached hydrogen (secondary N) is 2.